The van der Waals surface area contributed by atoms with Crippen molar-refractivity contribution in [2.75, 3.05) is 30.8 Å². The number of halogens is 1. The van der Waals surface area contributed by atoms with Gasteiger partial charge < -0.3 is 4.90 Å². The van der Waals surface area contributed by atoms with E-state index in [1.54, 1.807) is 6.07 Å². The van der Waals surface area contributed by atoms with E-state index in [1.165, 1.54) is 16.6 Å². The normalized spacial score (nSPS) is 17.9. The van der Waals surface area contributed by atoms with Gasteiger partial charge in [0, 0.05) is 31.4 Å². The van der Waals surface area contributed by atoms with Crippen molar-refractivity contribution in [2.45, 2.75) is 32.7 Å². The van der Waals surface area contributed by atoms with Crippen LogP contribution in [-0.2, 0) is 10.0 Å². The first kappa shape index (κ1) is 16.2. The fraction of sp³-hybridized carbons (Fsp3) is 0.600. The molecule has 1 aliphatic rings. The van der Waals surface area contributed by atoms with E-state index in [0.29, 0.717) is 13.1 Å². The van der Waals surface area contributed by atoms with Gasteiger partial charge in [0.2, 0.25) is 10.0 Å². The van der Waals surface area contributed by atoms with Crippen molar-refractivity contribution in [2.24, 2.45) is 0 Å². The van der Waals surface area contributed by atoms with Gasteiger partial charge in [0.15, 0.2) is 0 Å². The van der Waals surface area contributed by atoms with Gasteiger partial charge >= 0.3 is 0 Å². The van der Waals surface area contributed by atoms with Crippen LogP contribution < -0.4 is 4.90 Å². The topological polar surface area (TPSA) is 40.6 Å². The average molecular weight is 314 g/mol. The highest BCUT2D eigenvalue weighted by Gasteiger charge is 2.28. The van der Waals surface area contributed by atoms with Gasteiger partial charge in [-0.3, -0.25) is 0 Å². The van der Waals surface area contributed by atoms with E-state index in [4.69, 9.17) is 0 Å². The Morgan fingerprint density at radius 2 is 1.90 bits per heavy atom. The Bertz CT molecular complexity index is 575. The highest BCUT2D eigenvalue weighted by atomic mass is 32.2. The van der Waals surface area contributed by atoms with Crippen molar-refractivity contribution >= 4 is 15.7 Å². The fourth-order valence-electron chi connectivity index (χ4n) is 3.02. The van der Waals surface area contributed by atoms with Crippen molar-refractivity contribution in [3.63, 3.8) is 0 Å². The molecular formula is C15H23FN2O2S. The molecule has 1 aromatic carbocycles. The number of benzene rings is 1. The molecule has 0 bridgehead atoms. The average Bonchev–Trinajstić information content (AvgIpc) is 2.38. The van der Waals surface area contributed by atoms with Gasteiger partial charge in [-0.25, -0.2) is 17.1 Å². The molecule has 1 aromatic rings. The fourth-order valence-corrected chi connectivity index (χ4v) is 3.89. The molecule has 0 spiro atoms. The number of aryl methyl sites for hydroxylation is 1. The van der Waals surface area contributed by atoms with Crippen LogP contribution in [0.25, 0.3) is 0 Å². The lowest BCUT2D eigenvalue weighted by molar-refractivity contribution is 0.313. The summed E-state index contributed by atoms with van der Waals surface area (Å²) in [6.07, 6.45) is 2.80. The number of hydrogen-bond donors (Lipinski definition) is 0. The summed E-state index contributed by atoms with van der Waals surface area (Å²) in [6.45, 7) is 5.78. The summed E-state index contributed by atoms with van der Waals surface area (Å²) in [5, 5.41) is 0. The van der Waals surface area contributed by atoms with E-state index in [9.17, 15) is 12.8 Å². The molecule has 0 amide bonds. The highest BCUT2D eigenvalue weighted by Crippen LogP contribution is 2.26. The predicted molar refractivity (Wildman–Crippen MR) is 83.6 cm³/mol. The van der Waals surface area contributed by atoms with Gasteiger partial charge in [-0.05, 0) is 50.5 Å². The lowest BCUT2D eigenvalue weighted by Gasteiger charge is -2.38. The second-order valence-corrected chi connectivity index (χ2v) is 7.65. The Morgan fingerprint density at radius 1 is 1.29 bits per heavy atom. The monoisotopic (exact) mass is 314 g/mol. The van der Waals surface area contributed by atoms with Crippen LogP contribution in [0.2, 0.25) is 0 Å². The summed E-state index contributed by atoms with van der Waals surface area (Å²) in [5.41, 5.74) is 1.78. The second-order valence-electron chi connectivity index (χ2n) is 5.67. The number of hydrogen-bond acceptors (Lipinski definition) is 3. The number of rotatable bonds is 4. The lowest BCUT2D eigenvalue weighted by Crippen LogP contribution is -2.46. The predicted octanol–water partition coefficient (Wildman–Crippen LogP) is 2.38. The van der Waals surface area contributed by atoms with E-state index in [-0.39, 0.29) is 11.9 Å². The molecule has 0 unspecified atom stereocenters. The minimum Gasteiger partial charge on any atom is -0.369 e. The van der Waals surface area contributed by atoms with Crippen molar-refractivity contribution < 1.29 is 12.8 Å². The van der Waals surface area contributed by atoms with E-state index in [2.05, 4.69) is 4.90 Å². The number of piperidine rings is 1. The van der Waals surface area contributed by atoms with Crippen LogP contribution in [0.1, 0.15) is 25.3 Å². The molecule has 4 nitrogen and oxygen atoms in total. The maximum Gasteiger partial charge on any atom is 0.211 e. The van der Waals surface area contributed by atoms with Crippen LogP contribution >= 0.6 is 0 Å². The zero-order valence-corrected chi connectivity index (χ0v) is 13.7. The molecule has 1 aliphatic heterocycles. The van der Waals surface area contributed by atoms with Gasteiger partial charge in [0.1, 0.15) is 5.82 Å². The van der Waals surface area contributed by atoms with Gasteiger partial charge in [-0.1, -0.05) is 0 Å². The molecule has 1 heterocycles. The molecule has 2 rings (SSSR count). The Labute approximate surface area is 126 Å². The molecule has 0 aliphatic carbocycles. The van der Waals surface area contributed by atoms with Crippen LogP contribution in [0.4, 0.5) is 10.1 Å². The van der Waals surface area contributed by atoms with Crippen LogP contribution in [0.5, 0.6) is 0 Å². The minimum absolute atomic E-state index is 0.225. The molecule has 1 fully saturated rings. The van der Waals surface area contributed by atoms with Crippen molar-refractivity contribution in [1.29, 1.82) is 0 Å². The first-order chi connectivity index (χ1) is 9.81. The molecule has 118 valence electrons. The van der Waals surface area contributed by atoms with E-state index in [1.807, 2.05) is 19.9 Å². The van der Waals surface area contributed by atoms with Gasteiger partial charge in [0.05, 0.1) is 6.26 Å². The van der Waals surface area contributed by atoms with Crippen molar-refractivity contribution in [1.82, 2.24) is 4.31 Å². The largest absolute Gasteiger partial charge is 0.369 e. The Kier molecular flexibility index (Phi) is 4.88. The van der Waals surface area contributed by atoms with Crippen LogP contribution in [-0.4, -0.2) is 44.7 Å². The second kappa shape index (κ2) is 6.32. The van der Waals surface area contributed by atoms with Crippen molar-refractivity contribution in [3.8, 4) is 0 Å². The molecule has 0 radical (unpaired) electrons. The maximum absolute atomic E-state index is 13.6. The van der Waals surface area contributed by atoms with Gasteiger partial charge in [-0.2, -0.15) is 0 Å². The molecule has 21 heavy (non-hydrogen) atoms. The summed E-state index contributed by atoms with van der Waals surface area (Å²) in [6, 6.07) is 5.31. The van der Waals surface area contributed by atoms with Crippen LogP contribution in [0, 0.1) is 12.7 Å². The number of anilines is 1. The smallest absolute Gasteiger partial charge is 0.211 e. The summed E-state index contributed by atoms with van der Waals surface area (Å²) >= 11 is 0. The molecule has 0 aromatic heterocycles. The van der Waals surface area contributed by atoms with Gasteiger partial charge in [-0.15, -0.1) is 0 Å². The Morgan fingerprint density at radius 3 is 2.38 bits per heavy atom. The Balaban J connectivity index is 2.13. The minimum atomic E-state index is -3.10. The molecule has 1 saturated heterocycles. The highest BCUT2D eigenvalue weighted by molar-refractivity contribution is 7.88. The third-order valence-electron chi connectivity index (χ3n) is 4.03. The van der Waals surface area contributed by atoms with Crippen molar-refractivity contribution in [3.05, 3.63) is 29.6 Å². The third-order valence-corrected chi connectivity index (χ3v) is 5.34. The zero-order chi connectivity index (χ0) is 15.6. The lowest BCUT2D eigenvalue weighted by atomic mass is 10.0. The Hall–Kier alpha value is -1.14. The summed E-state index contributed by atoms with van der Waals surface area (Å²) in [7, 11) is -3.10. The standard InChI is InChI=1S/C15H23FN2O2S/c1-4-18(15-10-12(2)9-13(16)11-15)14-5-7-17(8-6-14)21(3,19)20/h9-11,14H,4-8H2,1-3H3. The molecule has 0 N–H and O–H groups in total. The first-order valence-corrected chi connectivity index (χ1v) is 9.15. The number of sulfonamides is 1. The first-order valence-electron chi connectivity index (χ1n) is 7.30. The molecular weight excluding hydrogens is 291 g/mol. The summed E-state index contributed by atoms with van der Waals surface area (Å²) in [5.74, 6) is -0.225. The quantitative estimate of drug-likeness (QED) is 0.857. The number of nitrogens with zero attached hydrogens (tertiary/aromatic N) is 2. The van der Waals surface area contributed by atoms with Gasteiger partial charge in [0.25, 0.3) is 0 Å². The zero-order valence-electron chi connectivity index (χ0n) is 12.8. The summed E-state index contributed by atoms with van der Waals surface area (Å²) < 4.78 is 38.2. The molecule has 6 heteroatoms. The molecule has 0 saturated carbocycles. The van der Waals surface area contributed by atoms with E-state index >= 15 is 0 Å². The summed E-state index contributed by atoms with van der Waals surface area (Å²) in [4.78, 5) is 2.18. The maximum atomic E-state index is 13.6. The van der Waals surface area contributed by atoms with E-state index < -0.39 is 10.0 Å². The van der Waals surface area contributed by atoms with Crippen LogP contribution in [0.3, 0.4) is 0 Å². The third kappa shape index (κ3) is 3.95. The van der Waals surface area contributed by atoms with E-state index in [0.717, 1.165) is 30.6 Å². The SMILES string of the molecule is CCN(c1cc(C)cc(F)c1)C1CCN(S(C)(=O)=O)CC1. The van der Waals surface area contributed by atoms with Crippen LogP contribution in [0.15, 0.2) is 18.2 Å². The molecule has 0 atom stereocenters.